The Morgan fingerprint density at radius 1 is 1.37 bits per heavy atom. The highest BCUT2D eigenvalue weighted by Gasteiger charge is 2.31. The first-order valence-electron chi connectivity index (χ1n) is 5.99. The highest BCUT2D eigenvalue weighted by Crippen LogP contribution is 2.20. The summed E-state index contributed by atoms with van der Waals surface area (Å²) in [6.07, 6.45) is 2.44. The van der Waals surface area contributed by atoms with E-state index in [-0.39, 0.29) is 16.9 Å². The molecule has 0 amide bonds. The molecule has 1 heterocycles. The van der Waals surface area contributed by atoms with E-state index in [0.29, 0.717) is 19.6 Å². The normalized spacial score (nSPS) is 23.4. The quantitative estimate of drug-likeness (QED) is 0.838. The van der Waals surface area contributed by atoms with E-state index in [1.54, 1.807) is 6.08 Å². The largest absolute Gasteiger partial charge is 0.379 e. The van der Waals surface area contributed by atoms with Crippen LogP contribution < -0.4 is 4.72 Å². The summed E-state index contributed by atoms with van der Waals surface area (Å²) in [5, 5.41) is 0. The van der Waals surface area contributed by atoms with Crippen molar-refractivity contribution in [3.8, 4) is 0 Å². The highest BCUT2D eigenvalue weighted by molar-refractivity contribution is 7.89. The molecule has 1 aliphatic rings. The summed E-state index contributed by atoms with van der Waals surface area (Å²) in [6, 6.07) is 4.47. The van der Waals surface area contributed by atoms with Crippen molar-refractivity contribution in [1.29, 1.82) is 0 Å². The average molecular weight is 285 g/mol. The first kappa shape index (κ1) is 14.2. The Labute approximate surface area is 112 Å². The number of benzene rings is 1. The third-order valence-corrected chi connectivity index (χ3v) is 4.60. The van der Waals surface area contributed by atoms with Gasteiger partial charge < -0.3 is 4.74 Å². The molecule has 1 aromatic carbocycles. The van der Waals surface area contributed by atoms with E-state index in [4.69, 9.17) is 4.74 Å². The maximum atomic E-state index is 12.8. The molecule has 1 N–H and O–H groups in total. The van der Waals surface area contributed by atoms with Gasteiger partial charge in [0.25, 0.3) is 0 Å². The van der Waals surface area contributed by atoms with Crippen LogP contribution in [0, 0.1) is 11.7 Å². The fourth-order valence-corrected chi connectivity index (χ4v) is 3.35. The SMILES string of the molecule is C=CC[C@@H]1COC[C@H]1NS(=O)(=O)c1ccc(F)cc1. The van der Waals surface area contributed by atoms with Gasteiger partial charge in [0, 0.05) is 5.92 Å². The maximum Gasteiger partial charge on any atom is 0.240 e. The number of ether oxygens (including phenoxy) is 1. The second-order valence-electron chi connectivity index (χ2n) is 4.50. The minimum absolute atomic E-state index is 0.0538. The fraction of sp³-hybridized carbons (Fsp3) is 0.385. The topological polar surface area (TPSA) is 55.4 Å². The van der Waals surface area contributed by atoms with Gasteiger partial charge >= 0.3 is 0 Å². The van der Waals surface area contributed by atoms with Gasteiger partial charge in [-0.3, -0.25) is 0 Å². The van der Waals surface area contributed by atoms with Crippen LogP contribution >= 0.6 is 0 Å². The van der Waals surface area contributed by atoms with Crippen LogP contribution in [0.15, 0.2) is 41.8 Å². The number of hydrogen-bond donors (Lipinski definition) is 1. The van der Waals surface area contributed by atoms with Crippen molar-refractivity contribution in [1.82, 2.24) is 4.72 Å². The molecular weight excluding hydrogens is 269 g/mol. The van der Waals surface area contributed by atoms with Crippen molar-refractivity contribution in [2.75, 3.05) is 13.2 Å². The summed E-state index contributed by atoms with van der Waals surface area (Å²) >= 11 is 0. The van der Waals surface area contributed by atoms with Crippen LogP contribution in [0.1, 0.15) is 6.42 Å². The smallest absolute Gasteiger partial charge is 0.240 e. The Morgan fingerprint density at radius 3 is 2.68 bits per heavy atom. The van der Waals surface area contributed by atoms with Gasteiger partial charge in [-0.25, -0.2) is 17.5 Å². The van der Waals surface area contributed by atoms with E-state index in [1.165, 1.54) is 12.1 Å². The second-order valence-corrected chi connectivity index (χ2v) is 6.22. The monoisotopic (exact) mass is 285 g/mol. The van der Waals surface area contributed by atoms with Crippen LogP contribution in [0.25, 0.3) is 0 Å². The van der Waals surface area contributed by atoms with E-state index in [9.17, 15) is 12.8 Å². The highest BCUT2D eigenvalue weighted by atomic mass is 32.2. The van der Waals surface area contributed by atoms with Crippen molar-refractivity contribution in [3.05, 3.63) is 42.7 Å². The Morgan fingerprint density at radius 2 is 2.05 bits per heavy atom. The predicted octanol–water partition coefficient (Wildman–Crippen LogP) is 1.70. The first-order valence-corrected chi connectivity index (χ1v) is 7.48. The third kappa shape index (κ3) is 3.40. The van der Waals surface area contributed by atoms with E-state index in [2.05, 4.69) is 11.3 Å². The Hall–Kier alpha value is -1.24. The fourth-order valence-electron chi connectivity index (χ4n) is 2.06. The average Bonchev–Trinajstić information content (AvgIpc) is 2.77. The number of allylic oxidation sites excluding steroid dienone is 1. The number of rotatable bonds is 5. The van der Waals surface area contributed by atoms with Crippen LogP contribution in [0.2, 0.25) is 0 Å². The molecule has 2 atom stereocenters. The molecule has 19 heavy (non-hydrogen) atoms. The summed E-state index contributed by atoms with van der Waals surface area (Å²) in [5.74, 6) is -0.375. The van der Waals surface area contributed by atoms with Crippen LogP contribution in [-0.2, 0) is 14.8 Å². The minimum Gasteiger partial charge on any atom is -0.379 e. The predicted molar refractivity (Wildman–Crippen MR) is 69.6 cm³/mol. The summed E-state index contributed by atoms with van der Waals surface area (Å²) in [7, 11) is -3.64. The zero-order chi connectivity index (χ0) is 13.9. The summed E-state index contributed by atoms with van der Waals surface area (Å²) < 4.78 is 45.0. The standard InChI is InChI=1S/C13H16FNO3S/c1-2-3-10-8-18-9-13(10)15-19(16,17)12-6-4-11(14)5-7-12/h2,4-7,10,13,15H,1,3,8-9H2/t10-,13-/m1/s1. The minimum atomic E-state index is -3.64. The molecule has 6 heteroatoms. The molecule has 0 spiro atoms. The van der Waals surface area contributed by atoms with E-state index in [0.717, 1.165) is 12.1 Å². The zero-order valence-corrected chi connectivity index (χ0v) is 11.2. The molecule has 0 aromatic heterocycles. The molecule has 1 aliphatic heterocycles. The lowest BCUT2D eigenvalue weighted by Crippen LogP contribution is -2.39. The molecule has 104 valence electrons. The van der Waals surface area contributed by atoms with Gasteiger partial charge in [-0.15, -0.1) is 6.58 Å². The van der Waals surface area contributed by atoms with Crippen molar-refractivity contribution >= 4 is 10.0 Å². The summed E-state index contributed by atoms with van der Waals surface area (Å²) in [5.41, 5.74) is 0. The molecule has 0 radical (unpaired) electrons. The third-order valence-electron chi connectivity index (χ3n) is 3.10. The second kappa shape index (κ2) is 5.81. The molecule has 0 saturated carbocycles. The molecular formula is C13H16FNO3S. The van der Waals surface area contributed by atoms with Crippen LogP contribution in [0.3, 0.4) is 0 Å². The molecule has 1 aromatic rings. The van der Waals surface area contributed by atoms with Gasteiger partial charge in [0.1, 0.15) is 5.82 Å². The Kier molecular flexibility index (Phi) is 4.34. The molecule has 2 rings (SSSR count). The van der Waals surface area contributed by atoms with Gasteiger partial charge in [0.2, 0.25) is 10.0 Å². The Balaban J connectivity index is 2.12. The first-order chi connectivity index (χ1) is 9.03. The number of sulfonamides is 1. The number of halogens is 1. The summed E-state index contributed by atoms with van der Waals surface area (Å²) in [6.45, 7) is 4.51. The number of hydrogen-bond acceptors (Lipinski definition) is 3. The van der Waals surface area contributed by atoms with Crippen LogP contribution in [0.4, 0.5) is 4.39 Å². The zero-order valence-electron chi connectivity index (χ0n) is 10.4. The van der Waals surface area contributed by atoms with Gasteiger partial charge in [-0.2, -0.15) is 0 Å². The lowest BCUT2D eigenvalue weighted by atomic mass is 10.0. The van der Waals surface area contributed by atoms with Gasteiger partial charge in [0.15, 0.2) is 0 Å². The lowest BCUT2D eigenvalue weighted by molar-refractivity contribution is 0.184. The van der Waals surface area contributed by atoms with Crippen molar-refractivity contribution in [2.24, 2.45) is 5.92 Å². The van der Waals surface area contributed by atoms with Crippen molar-refractivity contribution in [3.63, 3.8) is 0 Å². The maximum absolute atomic E-state index is 12.8. The molecule has 1 saturated heterocycles. The van der Waals surface area contributed by atoms with Crippen LogP contribution in [-0.4, -0.2) is 27.7 Å². The van der Waals surface area contributed by atoms with Crippen LogP contribution in [0.5, 0.6) is 0 Å². The van der Waals surface area contributed by atoms with Gasteiger partial charge in [-0.05, 0) is 30.7 Å². The van der Waals surface area contributed by atoms with Gasteiger partial charge in [-0.1, -0.05) is 6.08 Å². The molecule has 0 unspecified atom stereocenters. The van der Waals surface area contributed by atoms with Gasteiger partial charge in [0.05, 0.1) is 24.2 Å². The van der Waals surface area contributed by atoms with E-state index in [1.807, 2.05) is 0 Å². The lowest BCUT2D eigenvalue weighted by Gasteiger charge is -2.17. The van der Waals surface area contributed by atoms with Crippen molar-refractivity contribution in [2.45, 2.75) is 17.4 Å². The van der Waals surface area contributed by atoms with Crippen molar-refractivity contribution < 1.29 is 17.5 Å². The molecule has 0 bridgehead atoms. The molecule has 0 aliphatic carbocycles. The summed E-state index contributed by atoms with van der Waals surface area (Å²) in [4.78, 5) is 0.0538. The molecule has 4 nitrogen and oxygen atoms in total. The van der Waals surface area contributed by atoms with E-state index < -0.39 is 15.8 Å². The number of nitrogens with one attached hydrogen (secondary N) is 1. The molecule has 1 fully saturated rings. The Bertz CT molecular complexity index is 542. The van der Waals surface area contributed by atoms with E-state index >= 15 is 0 Å².